The van der Waals surface area contributed by atoms with Crippen molar-refractivity contribution in [3.8, 4) is 0 Å². The molecule has 2 aromatic rings. The minimum absolute atomic E-state index is 0.145. The lowest BCUT2D eigenvalue weighted by Gasteiger charge is -2.16. The van der Waals surface area contributed by atoms with Crippen LogP contribution in [0.3, 0.4) is 0 Å². The molecule has 0 saturated heterocycles. The number of aryl methyl sites for hydroxylation is 2. The highest BCUT2D eigenvalue weighted by Crippen LogP contribution is 2.18. The second-order valence-corrected chi connectivity index (χ2v) is 4.96. The minimum atomic E-state index is -0.468. The van der Waals surface area contributed by atoms with E-state index in [-0.39, 0.29) is 11.6 Å². The molecule has 0 aliphatic rings. The van der Waals surface area contributed by atoms with Crippen LogP contribution >= 0.6 is 0 Å². The first-order chi connectivity index (χ1) is 9.88. The van der Waals surface area contributed by atoms with E-state index in [9.17, 15) is 9.59 Å². The first-order valence-electron chi connectivity index (χ1n) is 6.62. The van der Waals surface area contributed by atoms with Gasteiger partial charge in [0.1, 0.15) is 5.82 Å². The van der Waals surface area contributed by atoms with Crippen LogP contribution in [0.4, 0.5) is 5.69 Å². The quantitative estimate of drug-likeness (QED) is 0.795. The van der Waals surface area contributed by atoms with Crippen LogP contribution in [-0.4, -0.2) is 15.9 Å². The Balaban J connectivity index is 2.24. The van der Waals surface area contributed by atoms with E-state index in [1.807, 2.05) is 13.8 Å². The van der Waals surface area contributed by atoms with Gasteiger partial charge in [-0.05, 0) is 45.0 Å². The largest absolute Gasteiger partial charge is 0.378 e. The number of aromatic nitrogens is 2. The van der Waals surface area contributed by atoms with Crippen LogP contribution in [0.5, 0.6) is 0 Å². The van der Waals surface area contributed by atoms with Gasteiger partial charge in [-0.2, -0.15) is 0 Å². The number of amides is 1. The number of benzene rings is 1. The maximum absolute atomic E-state index is 12.0. The molecule has 0 spiro atoms. The Morgan fingerprint density at radius 1 is 1.29 bits per heavy atom. The third-order valence-electron chi connectivity index (χ3n) is 3.25. The molecule has 1 heterocycles. The van der Waals surface area contributed by atoms with Crippen LogP contribution in [-0.2, 0) is 0 Å². The highest BCUT2D eigenvalue weighted by Gasteiger charge is 2.14. The number of anilines is 1. The predicted molar refractivity (Wildman–Crippen MR) is 81.3 cm³/mol. The van der Waals surface area contributed by atoms with Gasteiger partial charge in [0.25, 0.3) is 5.56 Å². The van der Waals surface area contributed by atoms with E-state index < -0.39 is 5.91 Å². The molecule has 6 nitrogen and oxygen atoms in total. The Morgan fingerprint density at radius 2 is 1.90 bits per heavy atom. The zero-order valence-electron chi connectivity index (χ0n) is 12.2. The van der Waals surface area contributed by atoms with Crippen molar-refractivity contribution in [3.63, 3.8) is 0 Å². The third kappa shape index (κ3) is 3.28. The zero-order valence-corrected chi connectivity index (χ0v) is 12.2. The van der Waals surface area contributed by atoms with Crippen LogP contribution in [0, 0.1) is 13.8 Å². The summed E-state index contributed by atoms with van der Waals surface area (Å²) in [5, 5.41) is 3.21. The molecule has 1 atom stereocenters. The summed E-state index contributed by atoms with van der Waals surface area (Å²) in [6.45, 7) is 5.45. The number of carbonyl (C=O) groups is 1. The normalized spacial score (nSPS) is 12.0. The van der Waals surface area contributed by atoms with Crippen molar-refractivity contribution in [2.24, 2.45) is 5.73 Å². The molecule has 1 aromatic carbocycles. The molecule has 1 unspecified atom stereocenters. The molecular weight excluding hydrogens is 268 g/mol. The number of H-pyrrole nitrogens is 1. The summed E-state index contributed by atoms with van der Waals surface area (Å²) in [5.41, 5.74) is 7.59. The molecule has 0 saturated carbocycles. The lowest BCUT2D eigenvalue weighted by Crippen LogP contribution is -2.23. The van der Waals surface area contributed by atoms with Crippen LogP contribution < -0.4 is 16.6 Å². The van der Waals surface area contributed by atoms with E-state index in [4.69, 9.17) is 5.73 Å². The maximum Gasteiger partial charge on any atom is 0.256 e. The van der Waals surface area contributed by atoms with Crippen LogP contribution in [0.25, 0.3) is 0 Å². The lowest BCUT2D eigenvalue weighted by molar-refractivity contribution is 0.100. The summed E-state index contributed by atoms with van der Waals surface area (Å²) in [6, 6.07) is 6.58. The first-order valence-corrected chi connectivity index (χ1v) is 6.62. The van der Waals surface area contributed by atoms with Crippen molar-refractivity contribution >= 4 is 11.6 Å². The van der Waals surface area contributed by atoms with E-state index in [0.29, 0.717) is 22.6 Å². The molecule has 4 N–H and O–H groups in total. The van der Waals surface area contributed by atoms with Crippen molar-refractivity contribution in [1.82, 2.24) is 9.97 Å². The second kappa shape index (κ2) is 5.78. The monoisotopic (exact) mass is 286 g/mol. The molecule has 1 aromatic heterocycles. The zero-order chi connectivity index (χ0) is 15.6. The van der Waals surface area contributed by atoms with Crippen molar-refractivity contribution in [2.75, 3.05) is 5.32 Å². The van der Waals surface area contributed by atoms with Gasteiger partial charge in [-0.3, -0.25) is 9.59 Å². The fourth-order valence-corrected chi connectivity index (χ4v) is 2.30. The molecule has 0 fully saturated rings. The third-order valence-corrected chi connectivity index (χ3v) is 3.25. The van der Waals surface area contributed by atoms with Gasteiger partial charge < -0.3 is 16.0 Å². The molecule has 110 valence electrons. The summed E-state index contributed by atoms with van der Waals surface area (Å²) in [7, 11) is 0. The molecule has 1 amide bonds. The molecule has 0 radical (unpaired) electrons. The smallest absolute Gasteiger partial charge is 0.256 e. The Morgan fingerprint density at radius 3 is 2.43 bits per heavy atom. The van der Waals surface area contributed by atoms with Gasteiger partial charge in [0, 0.05) is 11.3 Å². The van der Waals surface area contributed by atoms with Gasteiger partial charge in [0.05, 0.1) is 17.3 Å². The maximum atomic E-state index is 12.0. The summed E-state index contributed by atoms with van der Waals surface area (Å²) in [4.78, 5) is 30.0. The number of primary amides is 1. The van der Waals surface area contributed by atoms with E-state index in [1.54, 1.807) is 31.2 Å². The van der Waals surface area contributed by atoms with Gasteiger partial charge in [0.15, 0.2) is 0 Å². The predicted octanol–water partition coefficient (Wildman–Crippen LogP) is 1.66. The highest BCUT2D eigenvalue weighted by molar-refractivity contribution is 5.93. The summed E-state index contributed by atoms with van der Waals surface area (Å²) in [6.07, 6.45) is 0. The van der Waals surface area contributed by atoms with Gasteiger partial charge in [-0.1, -0.05) is 0 Å². The molecule has 0 aliphatic heterocycles. The standard InChI is InChI=1S/C15H18N4O2/c1-8-13(15(21)19-10(3)17-8)9(2)18-12-6-4-11(5-7-12)14(16)20/h4-7,9,18H,1-3H3,(H2,16,20)(H,17,19,21). The first kappa shape index (κ1) is 14.8. The summed E-state index contributed by atoms with van der Waals surface area (Å²) in [5.74, 6) is 0.129. The fraction of sp³-hybridized carbons (Fsp3) is 0.267. The number of hydrogen-bond donors (Lipinski definition) is 3. The van der Waals surface area contributed by atoms with Crippen LogP contribution in [0.2, 0.25) is 0 Å². The summed E-state index contributed by atoms with van der Waals surface area (Å²) >= 11 is 0. The SMILES string of the molecule is Cc1nc(C)c(C(C)Nc2ccc(C(N)=O)cc2)c(=O)[nH]1. The Labute approximate surface area is 122 Å². The number of nitrogens with zero attached hydrogens (tertiary/aromatic N) is 1. The molecular formula is C15H18N4O2. The number of carbonyl (C=O) groups excluding carboxylic acids is 1. The fourth-order valence-electron chi connectivity index (χ4n) is 2.30. The number of nitrogens with two attached hydrogens (primary N) is 1. The van der Waals surface area contributed by atoms with E-state index in [0.717, 1.165) is 5.69 Å². The molecule has 2 rings (SSSR count). The summed E-state index contributed by atoms with van der Waals surface area (Å²) < 4.78 is 0. The Hall–Kier alpha value is -2.63. The Bertz CT molecular complexity index is 719. The average Bonchev–Trinajstić information content (AvgIpc) is 2.37. The van der Waals surface area contributed by atoms with Gasteiger partial charge in [-0.15, -0.1) is 0 Å². The van der Waals surface area contributed by atoms with Crippen molar-refractivity contribution in [1.29, 1.82) is 0 Å². The number of aromatic amines is 1. The van der Waals surface area contributed by atoms with Gasteiger partial charge in [-0.25, -0.2) is 4.98 Å². The Kier molecular flexibility index (Phi) is 4.07. The average molecular weight is 286 g/mol. The molecule has 0 aliphatic carbocycles. The lowest BCUT2D eigenvalue weighted by atomic mass is 10.1. The van der Waals surface area contributed by atoms with Crippen molar-refractivity contribution < 1.29 is 4.79 Å². The molecule has 21 heavy (non-hydrogen) atoms. The van der Waals surface area contributed by atoms with Crippen molar-refractivity contribution in [3.05, 3.63) is 57.3 Å². The topological polar surface area (TPSA) is 101 Å². The molecule has 6 heteroatoms. The van der Waals surface area contributed by atoms with E-state index >= 15 is 0 Å². The van der Waals surface area contributed by atoms with Gasteiger partial charge >= 0.3 is 0 Å². The number of nitrogens with one attached hydrogen (secondary N) is 2. The van der Waals surface area contributed by atoms with Crippen LogP contribution in [0.15, 0.2) is 29.1 Å². The number of rotatable bonds is 4. The second-order valence-electron chi connectivity index (χ2n) is 4.96. The molecule has 0 bridgehead atoms. The van der Waals surface area contributed by atoms with Crippen LogP contribution in [0.1, 0.15) is 40.4 Å². The van der Waals surface area contributed by atoms with E-state index in [1.165, 1.54) is 0 Å². The number of hydrogen-bond acceptors (Lipinski definition) is 4. The highest BCUT2D eigenvalue weighted by atomic mass is 16.1. The minimum Gasteiger partial charge on any atom is -0.378 e. The van der Waals surface area contributed by atoms with Crippen molar-refractivity contribution in [2.45, 2.75) is 26.8 Å². The van der Waals surface area contributed by atoms with E-state index in [2.05, 4.69) is 15.3 Å². The van der Waals surface area contributed by atoms with Gasteiger partial charge in [0.2, 0.25) is 5.91 Å².